The van der Waals surface area contributed by atoms with Crippen molar-refractivity contribution in [2.24, 2.45) is 0 Å². The fraction of sp³-hybridized carbons (Fsp3) is 0.231. The van der Waals surface area contributed by atoms with Crippen molar-refractivity contribution < 1.29 is 29.1 Å². The summed E-state index contributed by atoms with van der Waals surface area (Å²) in [6.07, 6.45) is 18.7. The number of nitrogens with two attached hydrogens (primary N) is 1. The number of aliphatic hydroxyl groups is 1. The fourth-order valence-electron chi connectivity index (χ4n) is 15.3. The van der Waals surface area contributed by atoms with E-state index in [0.29, 0.717) is 82.3 Å². The number of aromatic amines is 1. The molecular formula is C91H97Br2Cl5N14O6Si2. The summed E-state index contributed by atoms with van der Waals surface area (Å²) in [5.74, 6) is -0.833. The molecule has 10 heterocycles. The number of aliphatic hydroxyl groups excluding tert-OH is 1. The number of aromatic nitrogens is 10. The minimum Gasteiger partial charge on any atom is -0.399 e. The van der Waals surface area contributed by atoms with Gasteiger partial charge in [-0.15, -0.1) is 0 Å². The first-order valence-corrected chi connectivity index (χ1v) is 46.1. The molecule has 0 bridgehead atoms. The van der Waals surface area contributed by atoms with Crippen LogP contribution in [0.4, 0.5) is 22.7 Å². The van der Waals surface area contributed by atoms with Gasteiger partial charge < -0.3 is 40.2 Å². The summed E-state index contributed by atoms with van der Waals surface area (Å²) >= 11 is 34.7. The number of carbonyl (C=O) groups is 5. The van der Waals surface area contributed by atoms with Crippen LogP contribution in [-0.4, -0.2) is 99.2 Å². The third-order valence-electron chi connectivity index (χ3n) is 20.4. The van der Waals surface area contributed by atoms with Crippen molar-refractivity contribution in [1.82, 2.24) is 48.3 Å². The Kier molecular flexibility index (Phi) is 35.3. The first-order valence-electron chi connectivity index (χ1n) is 38.3. The molecule has 14 aromatic rings. The Labute approximate surface area is 744 Å². The van der Waals surface area contributed by atoms with Crippen LogP contribution in [0.1, 0.15) is 171 Å². The predicted molar refractivity (Wildman–Crippen MR) is 504 cm³/mol. The van der Waals surface area contributed by atoms with Gasteiger partial charge in [0.2, 0.25) is 0 Å². The van der Waals surface area contributed by atoms with E-state index in [4.69, 9.17) is 68.7 Å². The lowest BCUT2D eigenvalue weighted by Gasteiger charge is -2.44. The van der Waals surface area contributed by atoms with Gasteiger partial charge in [0.1, 0.15) is 45.8 Å². The highest BCUT2D eigenvalue weighted by molar-refractivity contribution is 9.10. The molecule has 0 saturated carbocycles. The van der Waals surface area contributed by atoms with Gasteiger partial charge in [-0.2, -0.15) is 0 Å². The van der Waals surface area contributed by atoms with E-state index in [1.807, 2.05) is 61.1 Å². The number of pyridine rings is 7. The van der Waals surface area contributed by atoms with Crippen molar-refractivity contribution in [2.45, 2.75) is 136 Å². The Morgan fingerprint density at radius 2 is 0.842 bits per heavy atom. The maximum absolute atomic E-state index is 12.7. The van der Waals surface area contributed by atoms with E-state index in [2.05, 4.69) is 187 Å². The lowest BCUT2D eigenvalue weighted by molar-refractivity contribution is 0.101. The number of carbonyl (C=O) groups excluding carboxylic acids is 5. The van der Waals surface area contributed by atoms with Crippen molar-refractivity contribution in [3.63, 3.8) is 0 Å². The maximum Gasteiger partial charge on any atom is 0.274 e. The normalized spacial score (nSPS) is 11.4. The zero-order valence-corrected chi connectivity index (χ0v) is 76.6. The number of anilines is 4. The highest BCUT2D eigenvalue weighted by atomic mass is 79.9. The molecule has 0 aliphatic heterocycles. The van der Waals surface area contributed by atoms with Crippen molar-refractivity contribution in [1.29, 1.82) is 0 Å². The van der Waals surface area contributed by atoms with Gasteiger partial charge in [0.15, 0.2) is 22.8 Å². The van der Waals surface area contributed by atoms with Crippen LogP contribution in [0.2, 0.25) is 53.3 Å². The van der Waals surface area contributed by atoms with Crippen LogP contribution in [0, 0.1) is 0 Å². The summed E-state index contributed by atoms with van der Waals surface area (Å²) in [7, 11) is -3.96. The Morgan fingerprint density at radius 1 is 0.467 bits per heavy atom. The maximum atomic E-state index is 12.7. The molecule has 0 fully saturated rings. The van der Waals surface area contributed by atoms with Crippen molar-refractivity contribution in [3.8, 4) is 0 Å². The molecule has 0 spiro atoms. The van der Waals surface area contributed by atoms with E-state index < -0.39 is 27.8 Å². The molecule has 10 aromatic heterocycles. The van der Waals surface area contributed by atoms with Gasteiger partial charge in [0.05, 0.1) is 0 Å². The van der Waals surface area contributed by atoms with E-state index in [9.17, 15) is 29.1 Å². The van der Waals surface area contributed by atoms with E-state index >= 15 is 0 Å². The van der Waals surface area contributed by atoms with E-state index in [-0.39, 0.29) is 36.5 Å². The van der Waals surface area contributed by atoms with Crippen molar-refractivity contribution in [2.75, 3.05) is 21.7 Å². The fourth-order valence-corrected chi connectivity index (χ4v) is 29.6. The summed E-state index contributed by atoms with van der Waals surface area (Å²) in [6.45, 7) is 27.8. The Hall–Kier alpha value is -10.1. The number of halogens is 7. The standard InChI is InChI=1S/C29H35ClN4O2Si.C20H15ClN4O.C17H26N2OSi.C12H8BrClN2O.C6H3BrClNO.C6H6ClN.CH4/c1-18(2)37(19(3)4,20(5)6)34-17-25(24-8-7-15-31-28(24)34)27(35)21-9-14-26(32-16-21)29(36)33-23-12-10-22(30)11-13-23;21-15-4-6-16(7-5-15)25-20(26)18-8-3-13(11-23-18)10-14-12-24-19-17(14)2-1-9-22-19;1-12(2)21(13(3)4,14(5)6)19-10-15(11-20)16-8-7-9-18-17(16)19;13-8-1-6-11(15-7-8)12(17)16-10-4-2-9(14)3-5-10;7-4-1-2-5(6(8)10)9-3-4;7-5-1-3-6(8)4-2-5;/h7-20,27,35H,1-6H3,(H,33,36);1-9,11-12H,10H2,(H,22,24)(H,25,26);7-14H,1-6H3;1-7H,(H,16,17);1-3H;1-4H,8H2;1H4. The van der Waals surface area contributed by atoms with Gasteiger partial charge >= 0.3 is 0 Å². The molecule has 14 rings (SSSR count). The molecule has 0 saturated heterocycles. The lowest BCUT2D eigenvalue weighted by Crippen LogP contribution is -2.51. The molecule has 7 N–H and O–H groups in total. The Balaban J connectivity index is 0.000000190. The molecule has 624 valence electrons. The minimum absolute atomic E-state index is 0. The molecule has 20 nitrogen and oxygen atoms in total. The Morgan fingerprint density at radius 3 is 1.23 bits per heavy atom. The monoisotopic (exact) mass is 1870 g/mol. The second-order valence-electron chi connectivity index (χ2n) is 29.7. The molecular weight excluding hydrogens is 1780 g/mol. The molecule has 29 heteroatoms. The number of nitrogens with zero attached hydrogens (tertiary/aromatic N) is 9. The van der Waals surface area contributed by atoms with Crippen molar-refractivity contribution >= 4 is 191 Å². The molecule has 1 unspecified atom stereocenters. The molecule has 0 aliphatic carbocycles. The number of amides is 3. The van der Waals surface area contributed by atoms with Crippen LogP contribution >= 0.6 is 89.9 Å². The lowest BCUT2D eigenvalue weighted by atomic mass is 10.0. The third kappa shape index (κ3) is 24.2. The van der Waals surface area contributed by atoms with Crippen LogP contribution in [0.3, 0.4) is 0 Å². The second kappa shape index (κ2) is 44.4. The van der Waals surface area contributed by atoms with Gasteiger partial charge in [-0.25, -0.2) is 19.9 Å². The number of H-pyrrole nitrogens is 1. The van der Waals surface area contributed by atoms with Gasteiger partial charge in [-0.3, -0.25) is 38.9 Å². The second-order valence-corrected chi connectivity index (χ2v) is 45.1. The first-order chi connectivity index (χ1) is 56.8. The molecule has 120 heavy (non-hydrogen) atoms. The number of fused-ring (bicyclic) bond motifs is 3. The average molecular weight is 1880 g/mol. The number of hydrogen-bond acceptors (Lipinski definition) is 14. The Bertz CT molecular complexity index is 5650. The average Bonchev–Trinajstić information content (AvgIpc) is 1.61. The van der Waals surface area contributed by atoms with Gasteiger partial charge in [0, 0.05) is 153 Å². The minimum atomic E-state index is -2.09. The third-order valence-corrected chi connectivity index (χ3v) is 36.0. The largest absolute Gasteiger partial charge is 0.399 e. The zero-order valence-electron chi connectivity index (χ0n) is 67.7. The quantitative estimate of drug-likeness (QED) is 0.0179. The summed E-state index contributed by atoms with van der Waals surface area (Å²) in [6, 6.07) is 53.3. The summed E-state index contributed by atoms with van der Waals surface area (Å²) in [5, 5.41) is 24.9. The van der Waals surface area contributed by atoms with Crippen LogP contribution in [0.25, 0.3) is 33.1 Å². The van der Waals surface area contributed by atoms with Crippen molar-refractivity contribution in [3.05, 3.63) is 324 Å². The van der Waals surface area contributed by atoms with E-state index in [0.717, 1.165) is 87.7 Å². The SMILES string of the molecule is C.CC(C)[Si](C(C)C)(C(C)C)n1cc(C(O)c2ccc(C(=O)Nc3ccc(Cl)cc3)nc2)c2cccnc21.CC(C)[Si](C(C)C)(C(C)C)n1cc(C=O)c2cccnc21.Nc1ccc(Cl)cc1.O=C(Cl)c1ccc(Br)cn1.O=C(Nc1ccc(Cl)cc1)c1ccc(Br)cn1.O=C(Nc1ccc(Cl)cc1)c1ccc(Cc2c[nH]c3ncccc23)cn1. The van der Waals surface area contributed by atoms with Crippen LogP contribution in [-0.2, 0) is 6.42 Å². The molecule has 4 aromatic carbocycles. The van der Waals surface area contributed by atoms with Crippen LogP contribution in [0.15, 0.2) is 253 Å². The molecule has 0 radical (unpaired) electrons. The number of aldehydes is 1. The molecule has 3 amide bonds. The summed E-state index contributed by atoms with van der Waals surface area (Å²) < 4.78 is 6.48. The molecule has 1 atom stereocenters. The van der Waals surface area contributed by atoms with Crippen LogP contribution < -0.4 is 21.7 Å². The number of hydrogen-bond donors (Lipinski definition) is 6. The number of nitrogens with one attached hydrogen (secondary N) is 4. The topological polar surface area (TPSA) is 284 Å². The molecule has 0 aliphatic rings. The summed E-state index contributed by atoms with van der Waals surface area (Å²) in [4.78, 5) is 91.8. The van der Waals surface area contributed by atoms with Gasteiger partial charge in [-0.1, -0.05) is 149 Å². The highest BCUT2D eigenvalue weighted by Gasteiger charge is 2.48. The van der Waals surface area contributed by atoms with Crippen LogP contribution in [0.5, 0.6) is 0 Å². The smallest absolute Gasteiger partial charge is 0.274 e. The van der Waals surface area contributed by atoms with E-state index in [1.165, 1.54) is 6.20 Å². The summed E-state index contributed by atoms with van der Waals surface area (Å²) in [5.41, 5.74) is 19.7. The van der Waals surface area contributed by atoms with Gasteiger partial charge in [-0.05, 0) is 258 Å². The number of rotatable bonds is 20. The predicted octanol–water partition coefficient (Wildman–Crippen LogP) is 25.3. The van der Waals surface area contributed by atoms with E-state index in [1.54, 1.807) is 164 Å². The number of benzene rings is 4. The zero-order chi connectivity index (χ0) is 86.4. The first kappa shape index (κ1) is 95.4. The number of nitrogen functional groups attached to an aromatic ring is 1. The highest BCUT2D eigenvalue weighted by Crippen LogP contribution is 2.47. The van der Waals surface area contributed by atoms with Gasteiger partial charge in [0.25, 0.3) is 23.0 Å².